The first kappa shape index (κ1) is 10.1. The second kappa shape index (κ2) is 3.81. The monoisotopic (exact) mass is 184 g/mol. The summed E-state index contributed by atoms with van der Waals surface area (Å²) in [6, 6.07) is 1.45. The minimum atomic E-state index is -1.27. The topological polar surface area (TPSA) is 59.1 Å². The molecule has 1 unspecified atom stereocenters. The Morgan fingerprint density at radius 2 is 2.38 bits per heavy atom. The molecule has 0 amide bonds. The van der Waals surface area contributed by atoms with Crippen molar-refractivity contribution in [1.29, 1.82) is 0 Å². The fourth-order valence-corrected chi connectivity index (χ4v) is 1.20. The lowest BCUT2D eigenvalue weighted by molar-refractivity contribution is 0.0381. The van der Waals surface area contributed by atoms with Gasteiger partial charge in [-0.3, -0.25) is 4.98 Å². The third-order valence-corrected chi connectivity index (χ3v) is 2.20. The lowest BCUT2D eigenvalue weighted by Gasteiger charge is -2.25. The number of halogens is 1. The van der Waals surface area contributed by atoms with Crippen LogP contribution in [0.3, 0.4) is 0 Å². The first-order valence-corrected chi connectivity index (χ1v) is 4.16. The fourth-order valence-electron chi connectivity index (χ4n) is 1.20. The van der Waals surface area contributed by atoms with E-state index < -0.39 is 11.4 Å². The van der Waals surface area contributed by atoms with Crippen molar-refractivity contribution in [3.63, 3.8) is 0 Å². The second-order valence-electron chi connectivity index (χ2n) is 2.94. The third kappa shape index (κ3) is 1.84. The van der Waals surface area contributed by atoms with Gasteiger partial charge in [0.05, 0.1) is 6.20 Å². The molecule has 1 heterocycles. The Morgan fingerprint density at radius 1 is 1.69 bits per heavy atom. The van der Waals surface area contributed by atoms with Gasteiger partial charge in [-0.15, -0.1) is 0 Å². The molecule has 13 heavy (non-hydrogen) atoms. The van der Waals surface area contributed by atoms with E-state index in [1.807, 2.05) is 0 Å². The molecule has 0 saturated carbocycles. The van der Waals surface area contributed by atoms with Crippen LogP contribution in [-0.4, -0.2) is 16.6 Å². The third-order valence-electron chi connectivity index (χ3n) is 2.20. The van der Waals surface area contributed by atoms with E-state index >= 15 is 0 Å². The van der Waals surface area contributed by atoms with Crippen LogP contribution in [0.2, 0.25) is 0 Å². The number of nitrogens with zero attached hydrogens (tertiary/aromatic N) is 1. The smallest absolute Gasteiger partial charge is 0.147 e. The molecule has 3 N–H and O–H groups in total. The predicted molar refractivity (Wildman–Crippen MR) is 47.4 cm³/mol. The molecular formula is C9H13FN2O. The van der Waals surface area contributed by atoms with Crippen LogP contribution in [0.5, 0.6) is 0 Å². The Balaban J connectivity index is 3.12. The van der Waals surface area contributed by atoms with Gasteiger partial charge in [0.15, 0.2) is 0 Å². The molecule has 0 saturated heterocycles. The highest BCUT2D eigenvalue weighted by Crippen LogP contribution is 2.25. The van der Waals surface area contributed by atoms with Gasteiger partial charge >= 0.3 is 0 Å². The second-order valence-corrected chi connectivity index (χ2v) is 2.94. The van der Waals surface area contributed by atoms with Crippen LogP contribution in [0.1, 0.15) is 18.9 Å². The van der Waals surface area contributed by atoms with Crippen molar-refractivity contribution in [1.82, 2.24) is 4.98 Å². The normalized spacial score (nSPS) is 15.4. The Kier molecular flexibility index (Phi) is 2.95. The zero-order valence-electron chi connectivity index (χ0n) is 7.50. The molecule has 72 valence electrons. The molecule has 1 rings (SSSR count). The first-order chi connectivity index (χ1) is 6.14. The maximum Gasteiger partial charge on any atom is 0.147 e. The van der Waals surface area contributed by atoms with Crippen molar-refractivity contribution in [3.05, 3.63) is 29.8 Å². The summed E-state index contributed by atoms with van der Waals surface area (Å²) in [7, 11) is 0. The lowest BCUT2D eigenvalue weighted by atomic mass is 9.92. The Hall–Kier alpha value is -1.00. The molecule has 0 bridgehead atoms. The van der Waals surface area contributed by atoms with E-state index in [9.17, 15) is 9.50 Å². The standard InChI is InChI=1S/C9H13FN2O/c1-2-9(13,6-11)7-3-4-12-5-8(7)10/h3-5,13H,2,6,11H2,1H3. The van der Waals surface area contributed by atoms with E-state index in [2.05, 4.69) is 4.98 Å². The van der Waals surface area contributed by atoms with E-state index in [0.717, 1.165) is 6.20 Å². The van der Waals surface area contributed by atoms with Gasteiger partial charge in [-0.1, -0.05) is 6.92 Å². The summed E-state index contributed by atoms with van der Waals surface area (Å²) in [5.41, 5.74) is 4.33. The number of hydrogen-bond acceptors (Lipinski definition) is 3. The summed E-state index contributed by atoms with van der Waals surface area (Å²) in [6.45, 7) is 1.76. The quantitative estimate of drug-likeness (QED) is 0.729. The van der Waals surface area contributed by atoms with E-state index in [4.69, 9.17) is 5.73 Å². The Bertz CT molecular complexity index is 287. The zero-order valence-corrected chi connectivity index (χ0v) is 7.50. The van der Waals surface area contributed by atoms with Gasteiger partial charge in [-0.25, -0.2) is 4.39 Å². The van der Waals surface area contributed by atoms with Crippen molar-refractivity contribution >= 4 is 0 Å². The highest BCUT2D eigenvalue weighted by molar-refractivity contribution is 5.21. The van der Waals surface area contributed by atoms with Crippen LogP contribution < -0.4 is 5.73 Å². The Morgan fingerprint density at radius 3 is 2.85 bits per heavy atom. The van der Waals surface area contributed by atoms with Crippen LogP contribution in [0, 0.1) is 5.82 Å². The number of rotatable bonds is 3. The highest BCUT2D eigenvalue weighted by Gasteiger charge is 2.28. The predicted octanol–water partition coefficient (Wildman–Crippen LogP) is 0.777. The summed E-state index contributed by atoms with van der Waals surface area (Å²) < 4.78 is 13.2. The average Bonchev–Trinajstić information content (AvgIpc) is 2.17. The summed E-state index contributed by atoms with van der Waals surface area (Å²) in [5, 5.41) is 9.89. The number of nitrogens with two attached hydrogens (primary N) is 1. The maximum absolute atomic E-state index is 13.2. The summed E-state index contributed by atoms with van der Waals surface area (Å²) in [5.74, 6) is -0.516. The van der Waals surface area contributed by atoms with Gasteiger partial charge in [0.2, 0.25) is 0 Å². The molecule has 0 aliphatic heterocycles. The number of aliphatic hydroxyl groups is 1. The van der Waals surface area contributed by atoms with Crippen LogP contribution in [0.4, 0.5) is 4.39 Å². The first-order valence-electron chi connectivity index (χ1n) is 4.16. The summed E-state index contributed by atoms with van der Waals surface area (Å²) >= 11 is 0. The molecule has 1 atom stereocenters. The molecule has 0 spiro atoms. The van der Waals surface area contributed by atoms with Crippen LogP contribution in [-0.2, 0) is 5.60 Å². The summed E-state index contributed by atoms with van der Waals surface area (Å²) in [6.07, 6.45) is 2.89. The highest BCUT2D eigenvalue weighted by atomic mass is 19.1. The molecule has 0 radical (unpaired) electrons. The van der Waals surface area contributed by atoms with Gasteiger partial charge in [0.25, 0.3) is 0 Å². The van der Waals surface area contributed by atoms with E-state index in [0.29, 0.717) is 6.42 Å². The van der Waals surface area contributed by atoms with Gasteiger partial charge in [0, 0.05) is 18.3 Å². The van der Waals surface area contributed by atoms with E-state index in [1.165, 1.54) is 12.3 Å². The molecule has 1 aromatic heterocycles. The zero-order chi connectivity index (χ0) is 9.90. The molecule has 1 aromatic rings. The Labute approximate surface area is 76.4 Å². The van der Waals surface area contributed by atoms with Crippen molar-refractivity contribution in [2.45, 2.75) is 18.9 Å². The van der Waals surface area contributed by atoms with Crippen molar-refractivity contribution in [2.75, 3.05) is 6.54 Å². The molecule has 0 aliphatic rings. The molecular weight excluding hydrogens is 171 g/mol. The molecule has 0 aromatic carbocycles. The minimum absolute atomic E-state index is 0.00440. The molecule has 0 fully saturated rings. The number of aromatic nitrogens is 1. The van der Waals surface area contributed by atoms with Crippen molar-refractivity contribution in [2.24, 2.45) is 5.73 Å². The number of pyridine rings is 1. The van der Waals surface area contributed by atoms with Crippen molar-refractivity contribution in [3.8, 4) is 0 Å². The van der Waals surface area contributed by atoms with Gasteiger partial charge < -0.3 is 10.8 Å². The van der Waals surface area contributed by atoms with E-state index in [1.54, 1.807) is 6.92 Å². The largest absolute Gasteiger partial charge is 0.384 e. The average molecular weight is 184 g/mol. The molecule has 3 nitrogen and oxygen atoms in total. The van der Waals surface area contributed by atoms with Crippen LogP contribution >= 0.6 is 0 Å². The maximum atomic E-state index is 13.2. The van der Waals surface area contributed by atoms with Gasteiger partial charge in [0.1, 0.15) is 11.4 Å². The SMILES string of the molecule is CCC(O)(CN)c1ccncc1F. The minimum Gasteiger partial charge on any atom is -0.384 e. The lowest BCUT2D eigenvalue weighted by Crippen LogP contribution is -2.35. The van der Waals surface area contributed by atoms with Crippen LogP contribution in [0.15, 0.2) is 18.5 Å². The summed E-state index contributed by atoms with van der Waals surface area (Å²) in [4.78, 5) is 3.60. The molecule has 0 aliphatic carbocycles. The van der Waals surface area contributed by atoms with E-state index in [-0.39, 0.29) is 12.1 Å². The van der Waals surface area contributed by atoms with Gasteiger partial charge in [-0.2, -0.15) is 0 Å². The number of hydrogen-bond donors (Lipinski definition) is 2. The van der Waals surface area contributed by atoms with Gasteiger partial charge in [-0.05, 0) is 12.5 Å². The molecule has 4 heteroatoms. The van der Waals surface area contributed by atoms with Crippen molar-refractivity contribution < 1.29 is 9.50 Å². The fraction of sp³-hybridized carbons (Fsp3) is 0.444. The van der Waals surface area contributed by atoms with Crippen LogP contribution in [0.25, 0.3) is 0 Å².